The number of amides is 1. The lowest BCUT2D eigenvalue weighted by Gasteiger charge is -2.18. The molecule has 0 aliphatic heterocycles. The fourth-order valence-electron chi connectivity index (χ4n) is 1.82. The minimum absolute atomic E-state index is 0.0131. The van der Waals surface area contributed by atoms with E-state index in [-0.39, 0.29) is 5.91 Å². The molecule has 1 rings (SSSR count). The van der Waals surface area contributed by atoms with E-state index in [2.05, 4.69) is 19.2 Å². The van der Waals surface area contributed by atoms with Gasteiger partial charge in [-0.15, -0.1) is 0 Å². The quantitative estimate of drug-likeness (QED) is 0.775. The van der Waals surface area contributed by atoms with Gasteiger partial charge < -0.3 is 11.1 Å². The molecule has 0 fully saturated rings. The fourth-order valence-corrected chi connectivity index (χ4v) is 1.82. The van der Waals surface area contributed by atoms with Gasteiger partial charge in [-0.2, -0.15) is 0 Å². The summed E-state index contributed by atoms with van der Waals surface area (Å²) in [6.07, 6.45) is 1.10. The standard InChI is InChI=1S/C15H25N3O/c1-11(2)7-8-18(4)10-15(19)17-14-6-5-13(16)9-12(14)3/h5-6,9,11H,7-8,10,16H2,1-4H3,(H,17,19). The fraction of sp³-hybridized carbons (Fsp3) is 0.533. The van der Waals surface area contributed by atoms with Gasteiger partial charge in [0.25, 0.3) is 0 Å². The third-order valence-corrected chi connectivity index (χ3v) is 3.03. The summed E-state index contributed by atoms with van der Waals surface area (Å²) in [6.45, 7) is 7.66. The number of nitrogens with two attached hydrogens (primary N) is 1. The highest BCUT2D eigenvalue weighted by Gasteiger charge is 2.08. The first-order chi connectivity index (χ1) is 8.88. The number of rotatable bonds is 6. The molecule has 0 spiro atoms. The maximum absolute atomic E-state index is 11.9. The number of hydrogen-bond acceptors (Lipinski definition) is 3. The summed E-state index contributed by atoms with van der Waals surface area (Å²) in [5.41, 5.74) is 8.21. The van der Waals surface area contributed by atoms with Gasteiger partial charge in [0.2, 0.25) is 5.91 Å². The molecule has 0 radical (unpaired) electrons. The number of nitrogen functional groups attached to an aromatic ring is 1. The molecular weight excluding hydrogens is 238 g/mol. The maximum Gasteiger partial charge on any atom is 0.238 e. The van der Waals surface area contributed by atoms with E-state index in [0.717, 1.165) is 24.2 Å². The number of aryl methyl sites for hydroxylation is 1. The second kappa shape index (κ2) is 7.14. The van der Waals surface area contributed by atoms with Crippen LogP contribution in [0, 0.1) is 12.8 Å². The van der Waals surface area contributed by atoms with Crippen LogP contribution in [-0.2, 0) is 4.79 Å². The van der Waals surface area contributed by atoms with Crippen LogP contribution in [0.3, 0.4) is 0 Å². The summed E-state index contributed by atoms with van der Waals surface area (Å²) in [5.74, 6) is 0.670. The molecule has 1 aromatic carbocycles. The normalized spacial score (nSPS) is 11.1. The number of benzene rings is 1. The van der Waals surface area contributed by atoms with Gasteiger partial charge in [-0.1, -0.05) is 13.8 Å². The van der Waals surface area contributed by atoms with E-state index in [4.69, 9.17) is 5.73 Å². The van der Waals surface area contributed by atoms with Crippen LogP contribution in [0.5, 0.6) is 0 Å². The topological polar surface area (TPSA) is 58.4 Å². The summed E-state index contributed by atoms with van der Waals surface area (Å²) in [4.78, 5) is 14.0. The van der Waals surface area contributed by atoms with Gasteiger partial charge in [-0.25, -0.2) is 0 Å². The Balaban J connectivity index is 2.46. The molecule has 0 aliphatic rings. The van der Waals surface area contributed by atoms with E-state index in [9.17, 15) is 4.79 Å². The molecule has 0 unspecified atom stereocenters. The number of carbonyl (C=O) groups is 1. The van der Waals surface area contributed by atoms with Gasteiger partial charge in [-0.05, 0) is 56.6 Å². The zero-order valence-electron chi connectivity index (χ0n) is 12.4. The lowest BCUT2D eigenvalue weighted by atomic mass is 10.1. The number of likely N-dealkylation sites (N-methyl/N-ethyl adjacent to an activating group) is 1. The molecule has 1 amide bonds. The summed E-state index contributed by atoms with van der Waals surface area (Å²) in [5, 5.41) is 2.92. The van der Waals surface area contributed by atoms with Gasteiger partial charge >= 0.3 is 0 Å². The van der Waals surface area contributed by atoms with Crippen molar-refractivity contribution >= 4 is 17.3 Å². The SMILES string of the molecule is Cc1cc(N)ccc1NC(=O)CN(C)CCC(C)C. The number of anilines is 2. The molecule has 0 atom stereocenters. The van der Waals surface area contributed by atoms with Crippen molar-refractivity contribution in [3.8, 4) is 0 Å². The van der Waals surface area contributed by atoms with Crippen LogP contribution < -0.4 is 11.1 Å². The molecule has 0 aliphatic carbocycles. The molecule has 106 valence electrons. The predicted molar refractivity (Wildman–Crippen MR) is 81.2 cm³/mol. The number of carbonyl (C=O) groups excluding carboxylic acids is 1. The Hall–Kier alpha value is -1.55. The predicted octanol–water partition coefficient (Wildman–Crippen LogP) is 2.49. The first kappa shape index (κ1) is 15.5. The zero-order valence-corrected chi connectivity index (χ0v) is 12.4. The van der Waals surface area contributed by atoms with Crippen molar-refractivity contribution < 1.29 is 4.79 Å². The third-order valence-electron chi connectivity index (χ3n) is 3.03. The smallest absolute Gasteiger partial charge is 0.238 e. The van der Waals surface area contributed by atoms with Crippen LogP contribution in [0.15, 0.2) is 18.2 Å². The number of nitrogens with one attached hydrogen (secondary N) is 1. The highest BCUT2D eigenvalue weighted by molar-refractivity contribution is 5.93. The minimum atomic E-state index is 0.0131. The Morgan fingerprint density at radius 3 is 2.68 bits per heavy atom. The van der Waals surface area contributed by atoms with Crippen LogP contribution in [0.2, 0.25) is 0 Å². The summed E-state index contributed by atoms with van der Waals surface area (Å²) in [6, 6.07) is 5.50. The van der Waals surface area contributed by atoms with Crippen LogP contribution >= 0.6 is 0 Å². The number of hydrogen-bond donors (Lipinski definition) is 2. The van der Waals surface area contributed by atoms with Crippen LogP contribution in [0.1, 0.15) is 25.8 Å². The first-order valence-electron chi connectivity index (χ1n) is 6.73. The lowest BCUT2D eigenvalue weighted by Crippen LogP contribution is -2.31. The van der Waals surface area contributed by atoms with E-state index < -0.39 is 0 Å². The monoisotopic (exact) mass is 263 g/mol. The lowest BCUT2D eigenvalue weighted by molar-refractivity contribution is -0.117. The Morgan fingerprint density at radius 2 is 2.11 bits per heavy atom. The van der Waals surface area contributed by atoms with Crippen molar-refractivity contribution in [2.45, 2.75) is 27.2 Å². The molecule has 0 heterocycles. The zero-order chi connectivity index (χ0) is 14.4. The molecule has 0 bridgehead atoms. The van der Waals surface area contributed by atoms with E-state index in [1.54, 1.807) is 6.07 Å². The average molecular weight is 263 g/mol. The Labute approximate surface area is 116 Å². The second-order valence-corrected chi connectivity index (χ2v) is 5.54. The molecule has 0 saturated carbocycles. The van der Waals surface area contributed by atoms with E-state index in [1.807, 2.05) is 31.0 Å². The Bertz CT molecular complexity index is 429. The van der Waals surface area contributed by atoms with Gasteiger partial charge in [-0.3, -0.25) is 9.69 Å². The van der Waals surface area contributed by atoms with Crippen molar-refractivity contribution in [1.29, 1.82) is 0 Å². The van der Waals surface area contributed by atoms with Crippen molar-refractivity contribution in [2.24, 2.45) is 5.92 Å². The molecule has 3 N–H and O–H groups in total. The average Bonchev–Trinajstić information content (AvgIpc) is 2.30. The van der Waals surface area contributed by atoms with Crippen LogP contribution in [-0.4, -0.2) is 30.9 Å². The first-order valence-corrected chi connectivity index (χ1v) is 6.73. The molecule has 4 heteroatoms. The van der Waals surface area contributed by atoms with Gasteiger partial charge in [0.1, 0.15) is 0 Å². The summed E-state index contributed by atoms with van der Waals surface area (Å²) in [7, 11) is 1.97. The van der Waals surface area contributed by atoms with Crippen molar-refractivity contribution in [2.75, 3.05) is 31.2 Å². The largest absolute Gasteiger partial charge is 0.399 e. The van der Waals surface area contributed by atoms with Crippen molar-refractivity contribution in [3.05, 3.63) is 23.8 Å². The number of nitrogens with zero attached hydrogens (tertiary/aromatic N) is 1. The Morgan fingerprint density at radius 1 is 1.42 bits per heavy atom. The highest BCUT2D eigenvalue weighted by atomic mass is 16.2. The molecule has 19 heavy (non-hydrogen) atoms. The second-order valence-electron chi connectivity index (χ2n) is 5.54. The van der Waals surface area contributed by atoms with E-state index in [0.29, 0.717) is 18.2 Å². The third kappa shape index (κ3) is 5.75. The molecular formula is C15H25N3O. The van der Waals surface area contributed by atoms with Gasteiger partial charge in [0.05, 0.1) is 6.54 Å². The Kier molecular flexibility index (Phi) is 5.83. The van der Waals surface area contributed by atoms with E-state index >= 15 is 0 Å². The molecule has 1 aromatic rings. The van der Waals surface area contributed by atoms with Crippen LogP contribution in [0.25, 0.3) is 0 Å². The molecule has 0 saturated heterocycles. The van der Waals surface area contributed by atoms with Crippen molar-refractivity contribution in [3.63, 3.8) is 0 Å². The minimum Gasteiger partial charge on any atom is -0.399 e. The molecule has 4 nitrogen and oxygen atoms in total. The maximum atomic E-state index is 11.9. The van der Waals surface area contributed by atoms with Gasteiger partial charge in [0, 0.05) is 11.4 Å². The van der Waals surface area contributed by atoms with Crippen molar-refractivity contribution in [1.82, 2.24) is 4.90 Å². The van der Waals surface area contributed by atoms with E-state index in [1.165, 1.54) is 0 Å². The van der Waals surface area contributed by atoms with Crippen LogP contribution in [0.4, 0.5) is 11.4 Å². The molecule has 0 aromatic heterocycles. The summed E-state index contributed by atoms with van der Waals surface area (Å²) >= 11 is 0. The van der Waals surface area contributed by atoms with Gasteiger partial charge in [0.15, 0.2) is 0 Å². The highest BCUT2D eigenvalue weighted by Crippen LogP contribution is 2.17. The summed E-state index contributed by atoms with van der Waals surface area (Å²) < 4.78 is 0.